The molecule has 0 aliphatic carbocycles. The molecule has 1 aliphatic heterocycles. The Kier molecular flexibility index (Phi) is 3.79. The zero-order chi connectivity index (χ0) is 15.1. The van der Waals surface area contributed by atoms with Gasteiger partial charge in [0.2, 0.25) is 5.72 Å². The number of nitrogens with zero attached hydrogens (tertiary/aromatic N) is 4. The molecule has 1 aliphatic rings. The molecule has 1 unspecified atom stereocenters. The average molecular weight is 307 g/mol. The van der Waals surface area contributed by atoms with Gasteiger partial charge in [-0.3, -0.25) is 9.48 Å². The molecule has 0 radical (unpaired) electrons. The highest BCUT2D eigenvalue weighted by Crippen LogP contribution is 2.31. The molecule has 20 heavy (non-hydrogen) atoms. The third-order valence-electron chi connectivity index (χ3n) is 2.92. The smallest absolute Gasteiger partial charge is 0.287 e. The lowest BCUT2D eigenvalue weighted by Gasteiger charge is -2.29. The van der Waals surface area contributed by atoms with Crippen molar-refractivity contribution in [1.82, 2.24) is 14.8 Å². The SMILES string of the molecule is CC1=NN(C(=O)Cn2cc(Cl)c(C)n2)C(O)(C(F)F)C1. The summed E-state index contributed by atoms with van der Waals surface area (Å²) in [7, 11) is 0. The zero-order valence-corrected chi connectivity index (χ0v) is 11.6. The molecule has 1 amide bonds. The van der Waals surface area contributed by atoms with E-state index < -0.39 is 18.1 Å². The van der Waals surface area contributed by atoms with E-state index in [1.165, 1.54) is 17.8 Å². The van der Waals surface area contributed by atoms with Gasteiger partial charge in [0.05, 0.1) is 10.7 Å². The van der Waals surface area contributed by atoms with Crippen LogP contribution in [-0.2, 0) is 11.3 Å². The Morgan fingerprint density at radius 2 is 2.25 bits per heavy atom. The number of carbonyl (C=O) groups is 1. The maximum atomic E-state index is 13.0. The van der Waals surface area contributed by atoms with Crippen LogP contribution in [0.5, 0.6) is 0 Å². The Labute approximate surface area is 118 Å². The van der Waals surface area contributed by atoms with Crippen molar-refractivity contribution in [2.24, 2.45) is 5.10 Å². The van der Waals surface area contributed by atoms with Crippen molar-refractivity contribution in [3.63, 3.8) is 0 Å². The number of hydrogen-bond acceptors (Lipinski definition) is 4. The number of hydrazone groups is 1. The molecule has 0 saturated heterocycles. The van der Waals surface area contributed by atoms with Crippen molar-refractivity contribution in [2.75, 3.05) is 0 Å². The van der Waals surface area contributed by atoms with E-state index in [4.69, 9.17) is 11.6 Å². The van der Waals surface area contributed by atoms with E-state index in [2.05, 4.69) is 10.2 Å². The van der Waals surface area contributed by atoms with E-state index in [-0.39, 0.29) is 18.7 Å². The minimum absolute atomic E-state index is 0.260. The fraction of sp³-hybridized carbons (Fsp3) is 0.545. The molecule has 1 aromatic heterocycles. The molecule has 0 spiro atoms. The minimum Gasteiger partial charge on any atom is -0.364 e. The van der Waals surface area contributed by atoms with Gasteiger partial charge in [-0.2, -0.15) is 15.2 Å². The highest BCUT2D eigenvalue weighted by molar-refractivity contribution is 6.31. The van der Waals surface area contributed by atoms with E-state index in [1.807, 2.05) is 0 Å². The summed E-state index contributed by atoms with van der Waals surface area (Å²) >= 11 is 5.80. The van der Waals surface area contributed by atoms with Crippen LogP contribution >= 0.6 is 11.6 Å². The maximum Gasteiger partial charge on any atom is 0.287 e. The molecule has 1 N–H and O–H groups in total. The lowest BCUT2D eigenvalue weighted by molar-refractivity contribution is -0.192. The van der Waals surface area contributed by atoms with Gasteiger partial charge in [-0.05, 0) is 13.8 Å². The van der Waals surface area contributed by atoms with Crippen LogP contribution < -0.4 is 0 Å². The van der Waals surface area contributed by atoms with Crippen molar-refractivity contribution >= 4 is 23.2 Å². The third kappa shape index (κ3) is 2.53. The molecule has 1 atom stereocenters. The van der Waals surface area contributed by atoms with Gasteiger partial charge in [0.1, 0.15) is 6.54 Å². The van der Waals surface area contributed by atoms with Gasteiger partial charge in [-0.25, -0.2) is 8.78 Å². The topological polar surface area (TPSA) is 70.7 Å². The van der Waals surface area contributed by atoms with Gasteiger partial charge in [0, 0.05) is 18.3 Å². The fourth-order valence-electron chi connectivity index (χ4n) is 1.97. The van der Waals surface area contributed by atoms with Crippen molar-refractivity contribution in [2.45, 2.75) is 39.0 Å². The predicted molar refractivity (Wildman–Crippen MR) is 67.5 cm³/mol. The minimum atomic E-state index is -3.12. The second-order valence-electron chi connectivity index (χ2n) is 4.66. The molecule has 9 heteroatoms. The molecule has 6 nitrogen and oxygen atoms in total. The van der Waals surface area contributed by atoms with Gasteiger partial charge in [0.25, 0.3) is 12.3 Å². The normalized spacial score (nSPS) is 22.6. The molecular formula is C11H13ClF2N4O2. The standard InChI is InChI=1S/C11H13ClF2N4O2/c1-6-3-11(20,10(13)14)18(15-6)9(19)5-17-4-8(12)7(2)16-17/h4,10,20H,3,5H2,1-2H3. The monoisotopic (exact) mass is 306 g/mol. The van der Waals surface area contributed by atoms with Gasteiger partial charge in [-0.15, -0.1) is 0 Å². The summed E-state index contributed by atoms with van der Waals surface area (Å²) in [6, 6.07) is 0. The quantitative estimate of drug-likeness (QED) is 0.918. The summed E-state index contributed by atoms with van der Waals surface area (Å²) in [5, 5.41) is 18.3. The van der Waals surface area contributed by atoms with Gasteiger partial charge in [-0.1, -0.05) is 11.6 Å². The van der Waals surface area contributed by atoms with Crippen LogP contribution in [0.2, 0.25) is 5.02 Å². The lowest BCUT2D eigenvalue weighted by Crippen LogP contribution is -2.52. The van der Waals surface area contributed by atoms with Gasteiger partial charge in [0.15, 0.2) is 0 Å². The van der Waals surface area contributed by atoms with Crippen molar-refractivity contribution in [3.05, 3.63) is 16.9 Å². The zero-order valence-electron chi connectivity index (χ0n) is 10.8. The number of rotatable bonds is 3. The molecule has 2 heterocycles. The van der Waals surface area contributed by atoms with Crippen LogP contribution in [0.3, 0.4) is 0 Å². The first-order chi connectivity index (χ1) is 9.24. The molecule has 0 bridgehead atoms. The highest BCUT2D eigenvalue weighted by atomic mass is 35.5. The van der Waals surface area contributed by atoms with Crippen LogP contribution in [0.15, 0.2) is 11.3 Å². The third-order valence-corrected chi connectivity index (χ3v) is 3.29. The summed E-state index contributed by atoms with van der Waals surface area (Å²) in [5.41, 5.74) is -1.81. The first-order valence-corrected chi connectivity index (χ1v) is 6.19. The average Bonchev–Trinajstić information content (AvgIpc) is 2.80. The fourth-order valence-corrected chi connectivity index (χ4v) is 2.12. The van der Waals surface area contributed by atoms with E-state index in [9.17, 15) is 18.7 Å². The molecular weight excluding hydrogens is 294 g/mol. The second kappa shape index (κ2) is 5.10. The Bertz CT molecular complexity index is 555. The Morgan fingerprint density at radius 3 is 2.75 bits per heavy atom. The Balaban J connectivity index is 2.19. The van der Waals surface area contributed by atoms with E-state index in [1.54, 1.807) is 6.92 Å². The number of carbonyl (C=O) groups excluding carboxylic acids is 1. The largest absolute Gasteiger partial charge is 0.364 e. The van der Waals surface area contributed by atoms with Crippen LogP contribution in [0.4, 0.5) is 8.78 Å². The maximum absolute atomic E-state index is 13.0. The summed E-state index contributed by atoms with van der Waals surface area (Å²) in [4.78, 5) is 12.0. The molecule has 2 rings (SSSR count). The van der Waals surface area contributed by atoms with Gasteiger partial charge < -0.3 is 5.11 Å². The van der Waals surface area contributed by atoms with Crippen molar-refractivity contribution in [1.29, 1.82) is 0 Å². The summed E-state index contributed by atoms with van der Waals surface area (Å²) in [6.07, 6.45) is -2.09. The van der Waals surface area contributed by atoms with Crippen molar-refractivity contribution in [3.8, 4) is 0 Å². The lowest BCUT2D eigenvalue weighted by atomic mass is 10.1. The van der Waals surface area contributed by atoms with Crippen LogP contribution in [0, 0.1) is 6.92 Å². The number of aromatic nitrogens is 2. The summed E-state index contributed by atoms with van der Waals surface area (Å²) in [6.45, 7) is 2.78. The Hall–Kier alpha value is -1.54. The Morgan fingerprint density at radius 1 is 1.60 bits per heavy atom. The first-order valence-electron chi connectivity index (χ1n) is 5.81. The summed E-state index contributed by atoms with van der Waals surface area (Å²) < 4.78 is 27.1. The molecule has 110 valence electrons. The first kappa shape index (κ1) is 14.9. The summed E-state index contributed by atoms with van der Waals surface area (Å²) in [5.74, 6) is -0.788. The number of hydrogen-bond donors (Lipinski definition) is 1. The molecule has 0 aromatic carbocycles. The van der Waals surface area contributed by atoms with E-state index in [0.717, 1.165) is 0 Å². The number of alkyl halides is 2. The second-order valence-corrected chi connectivity index (χ2v) is 5.06. The van der Waals surface area contributed by atoms with E-state index in [0.29, 0.717) is 15.7 Å². The van der Waals surface area contributed by atoms with Crippen LogP contribution in [0.1, 0.15) is 19.0 Å². The van der Waals surface area contributed by atoms with Crippen LogP contribution in [0.25, 0.3) is 0 Å². The molecule has 0 fully saturated rings. The predicted octanol–water partition coefficient (Wildman–Crippen LogP) is 1.41. The number of aryl methyl sites for hydroxylation is 1. The van der Waals surface area contributed by atoms with Crippen LogP contribution in [-0.4, -0.2) is 43.7 Å². The highest BCUT2D eigenvalue weighted by Gasteiger charge is 2.50. The number of aliphatic hydroxyl groups is 1. The van der Waals surface area contributed by atoms with E-state index >= 15 is 0 Å². The van der Waals surface area contributed by atoms with Gasteiger partial charge >= 0.3 is 0 Å². The number of amides is 1. The number of halogens is 3. The van der Waals surface area contributed by atoms with Crippen molar-refractivity contribution < 1.29 is 18.7 Å². The molecule has 0 saturated carbocycles. The molecule has 1 aromatic rings.